The van der Waals surface area contributed by atoms with Gasteiger partial charge in [0.25, 0.3) is 11.9 Å². The van der Waals surface area contributed by atoms with Gasteiger partial charge >= 0.3 is 35.5 Å². The third-order valence-electron chi connectivity index (χ3n) is 0.175. The average Bonchev–Trinajstić information content (AvgIpc) is 1.84. The minimum absolute atomic E-state index is 0. The Hall–Kier alpha value is -0.670. The fraction of sp³-hybridized carbons (Fsp3) is 0.500. The van der Waals surface area contributed by atoms with Crippen molar-refractivity contribution in [3.8, 4) is 0 Å². The third kappa shape index (κ3) is 967. The normalized spacial score (nSPS) is 5.80. The van der Waals surface area contributed by atoms with E-state index >= 15 is 0 Å². The minimum Gasteiger partial charge on any atom is -1.00 e. The van der Waals surface area contributed by atoms with E-state index in [1.54, 1.807) is 0 Å². The molecule has 0 aromatic heterocycles. The van der Waals surface area contributed by atoms with E-state index in [4.69, 9.17) is 24.9 Å². The molecule has 0 saturated carbocycles. The molecule has 0 atom stereocenters. The van der Waals surface area contributed by atoms with Crippen molar-refractivity contribution >= 4 is 17.9 Å². The molecule has 15 heavy (non-hydrogen) atoms. The average molecular weight is 237 g/mol. The van der Waals surface area contributed by atoms with Gasteiger partial charge in [0.15, 0.2) is 0 Å². The first kappa shape index (κ1) is 29.3. The van der Waals surface area contributed by atoms with Gasteiger partial charge in [-0.15, -0.1) is 0 Å². The van der Waals surface area contributed by atoms with Crippen LogP contribution in [-0.4, -0.2) is 45.2 Å². The van der Waals surface area contributed by atoms with Crippen molar-refractivity contribution in [2.45, 2.75) is 13.8 Å². The van der Waals surface area contributed by atoms with E-state index in [9.17, 15) is 4.79 Å². The number of aliphatic carboxylic acids is 3. The van der Waals surface area contributed by atoms with E-state index < -0.39 is 17.9 Å². The number of nitrogens with two attached hydrogens (primary N) is 1. The molecule has 0 aliphatic rings. The second-order valence-electron chi connectivity index (χ2n) is 1.64. The first-order valence-electron chi connectivity index (χ1n) is 3.04. The molecule has 0 fully saturated rings. The van der Waals surface area contributed by atoms with Crippen molar-refractivity contribution in [2.24, 2.45) is 5.73 Å². The van der Waals surface area contributed by atoms with Crippen LogP contribution >= 0.6 is 0 Å². The van der Waals surface area contributed by atoms with E-state index in [0.29, 0.717) is 0 Å². The molecule has 0 spiro atoms. The fourth-order valence-electron chi connectivity index (χ4n) is 0. The van der Waals surface area contributed by atoms with Crippen LogP contribution in [0.3, 0.4) is 0 Å². The van der Waals surface area contributed by atoms with Crippen molar-refractivity contribution in [1.29, 1.82) is 0 Å². The van der Waals surface area contributed by atoms with Gasteiger partial charge in [-0.1, -0.05) is 0 Å². The SMILES string of the molecule is CC(=O)O.CC(=O)O.NCC(=O)O.O.[H-].[Na+]. The van der Waals surface area contributed by atoms with Gasteiger partial charge in [0.05, 0.1) is 6.54 Å². The zero-order chi connectivity index (χ0) is 11.4. The maximum absolute atomic E-state index is 9.24. The Kier molecular flexibility index (Phi) is 45.4. The van der Waals surface area contributed by atoms with Gasteiger partial charge in [-0.3, -0.25) is 14.4 Å². The van der Waals surface area contributed by atoms with Gasteiger partial charge in [0.1, 0.15) is 0 Å². The Balaban J connectivity index is -0.0000000216. The molecule has 9 heteroatoms. The summed E-state index contributed by atoms with van der Waals surface area (Å²) in [5.41, 5.74) is 4.57. The maximum atomic E-state index is 9.24. The standard InChI is InChI=1S/C2H5NO2.2C2H4O2.Na.H2O.H/c3-1-2(4)5;2*1-2(3)4;;;/h1,3H2,(H,4,5);2*1H3,(H,3,4);;1H2;/q;;;+1;;-1. The Morgan fingerprint density at radius 3 is 1.13 bits per heavy atom. The van der Waals surface area contributed by atoms with Crippen molar-refractivity contribution in [3.63, 3.8) is 0 Å². The second-order valence-corrected chi connectivity index (χ2v) is 1.64. The Morgan fingerprint density at radius 2 is 1.13 bits per heavy atom. The van der Waals surface area contributed by atoms with Crippen LogP contribution in [0.4, 0.5) is 0 Å². The van der Waals surface area contributed by atoms with Crippen LogP contribution in [0.25, 0.3) is 0 Å². The molecule has 0 rings (SSSR count). The summed E-state index contributed by atoms with van der Waals surface area (Å²) >= 11 is 0. The summed E-state index contributed by atoms with van der Waals surface area (Å²) in [7, 11) is 0. The molecule has 0 saturated heterocycles. The molecule has 0 aromatic rings. The van der Waals surface area contributed by atoms with Crippen molar-refractivity contribution in [2.75, 3.05) is 6.54 Å². The van der Waals surface area contributed by atoms with Gasteiger partial charge in [-0.05, 0) is 0 Å². The number of rotatable bonds is 1. The molecular weight excluding hydrogens is 221 g/mol. The van der Waals surface area contributed by atoms with Crippen molar-refractivity contribution < 1.29 is 66.2 Å². The summed E-state index contributed by atoms with van der Waals surface area (Å²) in [6, 6.07) is 0. The van der Waals surface area contributed by atoms with Crippen LogP contribution in [0.1, 0.15) is 15.3 Å². The van der Waals surface area contributed by atoms with Crippen LogP contribution in [0, 0.1) is 0 Å². The smallest absolute Gasteiger partial charge is 1.00 e. The zero-order valence-electron chi connectivity index (χ0n) is 9.85. The van der Waals surface area contributed by atoms with Gasteiger partial charge < -0.3 is 28.0 Å². The zero-order valence-corrected chi connectivity index (χ0v) is 10.9. The summed E-state index contributed by atoms with van der Waals surface area (Å²) in [5.74, 6) is -2.63. The van der Waals surface area contributed by atoms with E-state index in [1.807, 2.05) is 0 Å². The molecule has 0 unspecified atom stereocenters. The Labute approximate surface area is 110 Å². The quantitative estimate of drug-likeness (QED) is 0.333. The van der Waals surface area contributed by atoms with Crippen LogP contribution in [0.15, 0.2) is 0 Å². The molecule has 0 aromatic carbocycles. The second kappa shape index (κ2) is 23.3. The monoisotopic (exact) mass is 237 g/mol. The van der Waals surface area contributed by atoms with E-state index in [1.165, 1.54) is 0 Å². The predicted molar refractivity (Wildman–Crippen MR) is 48.0 cm³/mol. The van der Waals surface area contributed by atoms with Crippen LogP contribution in [0.5, 0.6) is 0 Å². The molecule has 7 N–H and O–H groups in total. The largest absolute Gasteiger partial charge is 1.00 e. The van der Waals surface area contributed by atoms with Gasteiger partial charge in [0, 0.05) is 13.8 Å². The molecule has 0 bridgehead atoms. The molecule has 0 heterocycles. The van der Waals surface area contributed by atoms with Gasteiger partial charge in [0.2, 0.25) is 0 Å². The predicted octanol–water partition coefficient (Wildman–Crippen LogP) is -4.50. The summed E-state index contributed by atoms with van der Waals surface area (Å²) in [5, 5.41) is 22.4. The number of carboxylic acid groups (broad SMARTS) is 3. The molecule has 88 valence electrons. The number of hydrogen-bond donors (Lipinski definition) is 4. The molecule has 0 amide bonds. The Morgan fingerprint density at radius 1 is 1.07 bits per heavy atom. The van der Waals surface area contributed by atoms with Crippen LogP contribution < -0.4 is 35.3 Å². The maximum Gasteiger partial charge on any atom is 1.00 e. The van der Waals surface area contributed by atoms with E-state index in [-0.39, 0.29) is 43.0 Å². The summed E-state index contributed by atoms with van der Waals surface area (Å²) in [4.78, 5) is 27.2. The number of carboxylic acids is 3. The molecule has 0 aliphatic carbocycles. The fourth-order valence-corrected chi connectivity index (χ4v) is 0. The Bertz CT molecular complexity index is 158. The topological polar surface area (TPSA) is 169 Å². The van der Waals surface area contributed by atoms with Crippen molar-refractivity contribution in [3.05, 3.63) is 0 Å². The third-order valence-corrected chi connectivity index (χ3v) is 0.175. The first-order valence-corrected chi connectivity index (χ1v) is 3.04. The summed E-state index contributed by atoms with van der Waals surface area (Å²) < 4.78 is 0. The molecule has 0 radical (unpaired) electrons. The van der Waals surface area contributed by atoms with Crippen LogP contribution in [0.2, 0.25) is 0 Å². The summed E-state index contributed by atoms with van der Waals surface area (Å²) in [6.45, 7) is 1.89. The summed E-state index contributed by atoms with van der Waals surface area (Å²) in [6.07, 6.45) is 0. The van der Waals surface area contributed by atoms with E-state index in [2.05, 4.69) is 5.73 Å². The molecular formula is C6H16NNaO7. The van der Waals surface area contributed by atoms with Gasteiger partial charge in [-0.25, -0.2) is 0 Å². The molecule has 0 aliphatic heterocycles. The first-order chi connectivity index (χ1) is 5.73. The van der Waals surface area contributed by atoms with Crippen molar-refractivity contribution in [1.82, 2.24) is 0 Å². The van der Waals surface area contributed by atoms with Crippen LogP contribution in [-0.2, 0) is 14.4 Å². The van der Waals surface area contributed by atoms with E-state index in [0.717, 1.165) is 13.8 Å². The minimum atomic E-state index is -0.968. The number of hydrogen-bond acceptors (Lipinski definition) is 4. The number of carbonyl (C=O) groups is 3. The molecule has 8 nitrogen and oxygen atoms in total. The van der Waals surface area contributed by atoms with Gasteiger partial charge in [-0.2, -0.15) is 0 Å².